The molecule has 1 saturated heterocycles. The Labute approximate surface area is 127 Å². The molecule has 1 aromatic carbocycles. The Morgan fingerprint density at radius 3 is 2.90 bits per heavy atom. The number of halogens is 1. The average Bonchev–Trinajstić information content (AvgIpc) is 2.90. The first-order chi connectivity index (χ1) is 9.54. The topological polar surface area (TPSA) is 46.6 Å². The summed E-state index contributed by atoms with van der Waals surface area (Å²) < 4.78 is 5.91. The van der Waals surface area contributed by atoms with E-state index in [1.165, 1.54) is 0 Å². The number of benzene rings is 1. The summed E-state index contributed by atoms with van der Waals surface area (Å²) in [5.74, 6) is -0.398. The molecule has 0 spiro atoms. The molecule has 0 radical (unpaired) electrons. The third-order valence-corrected chi connectivity index (χ3v) is 4.00. The van der Waals surface area contributed by atoms with Gasteiger partial charge in [0.1, 0.15) is 6.04 Å². The lowest BCUT2D eigenvalue weighted by Crippen LogP contribution is -2.41. The summed E-state index contributed by atoms with van der Waals surface area (Å²) in [5, 5.41) is 0. The van der Waals surface area contributed by atoms with Crippen molar-refractivity contribution in [1.29, 1.82) is 0 Å². The molecule has 5 heteroatoms. The zero-order chi connectivity index (χ0) is 14.7. The molecule has 1 heterocycles. The Morgan fingerprint density at radius 2 is 2.20 bits per heavy atom. The fourth-order valence-electron chi connectivity index (χ4n) is 2.47. The van der Waals surface area contributed by atoms with Gasteiger partial charge in [-0.2, -0.15) is 0 Å². The van der Waals surface area contributed by atoms with Crippen molar-refractivity contribution in [2.75, 3.05) is 13.2 Å². The second-order valence-electron chi connectivity index (χ2n) is 4.87. The number of rotatable bonds is 3. The van der Waals surface area contributed by atoms with Crippen molar-refractivity contribution >= 4 is 27.8 Å². The summed E-state index contributed by atoms with van der Waals surface area (Å²) in [5.41, 5.74) is 1.54. The van der Waals surface area contributed by atoms with Crippen molar-refractivity contribution < 1.29 is 14.3 Å². The SMILES string of the molecule is CCOC(=O)C1CCCN1C(=O)c1cc(Br)ccc1C. The molecule has 1 amide bonds. The molecule has 2 rings (SSSR count). The van der Waals surface area contributed by atoms with Crippen LogP contribution in [0.5, 0.6) is 0 Å². The van der Waals surface area contributed by atoms with Gasteiger partial charge in [0.25, 0.3) is 5.91 Å². The maximum Gasteiger partial charge on any atom is 0.328 e. The zero-order valence-electron chi connectivity index (χ0n) is 11.7. The molecule has 108 valence electrons. The minimum atomic E-state index is -0.444. The van der Waals surface area contributed by atoms with E-state index in [-0.39, 0.29) is 11.9 Å². The second kappa shape index (κ2) is 6.39. The highest BCUT2D eigenvalue weighted by atomic mass is 79.9. The lowest BCUT2D eigenvalue weighted by atomic mass is 10.1. The highest BCUT2D eigenvalue weighted by Gasteiger charge is 2.35. The Hall–Kier alpha value is -1.36. The van der Waals surface area contributed by atoms with Crippen LogP contribution in [0.3, 0.4) is 0 Å². The standard InChI is InChI=1S/C15H18BrNO3/c1-3-20-15(19)13-5-4-8-17(13)14(18)12-9-11(16)7-6-10(12)2/h6-7,9,13H,3-5,8H2,1-2H3. The van der Waals surface area contributed by atoms with Gasteiger partial charge in [0, 0.05) is 16.6 Å². The minimum absolute atomic E-state index is 0.0978. The van der Waals surface area contributed by atoms with Crippen LogP contribution in [0, 0.1) is 6.92 Å². The predicted octanol–water partition coefficient (Wildman–Crippen LogP) is 2.93. The van der Waals surface area contributed by atoms with Crippen LogP contribution < -0.4 is 0 Å². The third-order valence-electron chi connectivity index (χ3n) is 3.50. The molecule has 0 N–H and O–H groups in total. The van der Waals surface area contributed by atoms with Crippen LogP contribution in [0.2, 0.25) is 0 Å². The molecule has 4 nitrogen and oxygen atoms in total. The molecule has 0 saturated carbocycles. The van der Waals surface area contributed by atoms with E-state index >= 15 is 0 Å². The van der Waals surface area contributed by atoms with Crippen molar-refractivity contribution in [2.24, 2.45) is 0 Å². The maximum absolute atomic E-state index is 12.6. The van der Waals surface area contributed by atoms with Crippen LogP contribution in [0.15, 0.2) is 22.7 Å². The lowest BCUT2D eigenvalue weighted by molar-refractivity contribution is -0.147. The monoisotopic (exact) mass is 339 g/mol. The quantitative estimate of drug-likeness (QED) is 0.795. The molecule has 1 aliphatic rings. The molecule has 1 atom stereocenters. The summed E-state index contributed by atoms with van der Waals surface area (Å²) in [6.07, 6.45) is 1.51. The van der Waals surface area contributed by atoms with Crippen LogP contribution in [-0.4, -0.2) is 36.0 Å². The highest BCUT2D eigenvalue weighted by Crippen LogP contribution is 2.24. The van der Waals surface area contributed by atoms with E-state index < -0.39 is 6.04 Å². The second-order valence-corrected chi connectivity index (χ2v) is 5.78. The van der Waals surface area contributed by atoms with Crippen molar-refractivity contribution in [1.82, 2.24) is 4.90 Å². The first-order valence-corrected chi connectivity index (χ1v) is 7.57. The van der Waals surface area contributed by atoms with Crippen LogP contribution in [0.1, 0.15) is 35.7 Å². The largest absolute Gasteiger partial charge is 0.464 e. The number of likely N-dealkylation sites (tertiary alicyclic amines) is 1. The summed E-state index contributed by atoms with van der Waals surface area (Å²) in [6, 6.07) is 5.16. The molecule has 20 heavy (non-hydrogen) atoms. The first kappa shape index (κ1) is 15.0. The van der Waals surface area contributed by atoms with Gasteiger partial charge in [-0.1, -0.05) is 22.0 Å². The summed E-state index contributed by atoms with van der Waals surface area (Å²) in [6.45, 7) is 4.62. The molecule has 0 aliphatic carbocycles. The van der Waals surface area contributed by atoms with Crippen molar-refractivity contribution in [3.8, 4) is 0 Å². The van der Waals surface area contributed by atoms with E-state index in [9.17, 15) is 9.59 Å². The summed E-state index contributed by atoms with van der Waals surface area (Å²) in [7, 11) is 0. The number of hydrogen-bond donors (Lipinski definition) is 0. The van der Waals surface area contributed by atoms with E-state index in [1.54, 1.807) is 17.9 Å². The van der Waals surface area contributed by atoms with Gasteiger partial charge in [-0.05, 0) is 44.4 Å². The van der Waals surface area contributed by atoms with Gasteiger partial charge in [0.15, 0.2) is 0 Å². The average molecular weight is 340 g/mol. The molecule has 1 aliphatic heterocycles. The maximum atomic E-state index is 12.6. The van der Waals surface area contributed by atoms with Gasteiger partial charge in [0.05, 0.1) is 6.61 Å². The van der Waals surface area contributed by atoms with E-state index in [0.29, 0.717) is 25.1 Å². The van der Waals surface area contributed by atoms with E-state index in [4.69, 9.17) is 4.74 Å². The lowest BCUT2D eigenvalue weighted by Gasteiger charge is -2.24. The molecule has 1 fully saturated rings. The molecule has 0 aromatic heterocycles. The minimum Gasteiger partial charge on any atom is -0.464 e. The molecule has 1 aromatic rings. The van der Waals surface area contributed by atoms with Gasteiger partial charge in [-0.3, -0.25) is 4.79 Å². The molecule has 0 bridgehead atoms. The number of carbonyl (C=O) groups excluding carboxylic acids is 2. The van der Waals surface area contributed by atoms with Gasteiger partial charge < -0.3 is 9.64 Å². The highest BCUT2D eigenvalue weighted by molar-refractivity contribution is 9.10. The predicted molar refractivity (Wildman–Crippen MR) is 79.6 cm³/mol. The number of esters is 1. The first-order valence-electron chi connectivity index (χ1n) is 6.78. The fraction of sp³-hybridized carbons (Fsp3) is 0.467. The van der Waals surface area contributed by atoms with Crippen LogP contribution in [0.4, 0.5) is 0 Å². The van der Waals surface area contributed by atoms with Crippen molar-refractivity contribution in [3.05, 3.63) is 33.8 Å². The molecular weight excluding hydrogens is 322 g/mol. The number of ether oxygens (including phenoxy) is 1. The number of amides is 1. The number of aryl methyl sites for hydroxylation is 1. The Balaban J connectivity index is 2.23. The third kappa shape index (κ3) is 3.03. The van der Waals surface area contributed by atoms with E-state index in [1.807, 2.05) is 19.1 Å². The normalized spacial score (nSPS) is 18.1. The molecule has 1 unspecified atom stereocenters. The Kier molecular flexibility index (Phi) is 4.81. The number of carbonyl (C=O) groups is 2. The van der Waals surface area contributed by atoms with Crippen molar-refractivity contribution in [2.45, 2.75) is 32.7 Å². The smallest absolute Gasteiger partial charge is 0.328 e. The van der Waals surface area contributed by atoms with Gasteiger partial charge in [-0.25, -0.2) is 4.79 Å². The Bertz CT molecular complexity index is 530. The Morgan fingerprint density at radius 1 is 1.45 bits per heavy atom. The summed E-state index contributed by atoms with van der Waals surface area (Å²) >= 11 is 3.38. The summed E-state index contributed by atoms with van der Waals surface area (Å²) in [4.78, 5) is 26.2. The zero-order valence-corrected chi connectivity index (χ0v) is 13.3. The number of hydrogen-bond acceptors (Lipinski definition) is 3. The van der Waals surface area contributed by atoms with Gasteiger partial charge in [-0.15, -0.1) is 0 Å². The van der Waals surface area contributed by atoms with Crippen LogP contribution in [0.25, 0.3) is 0 Å². The van der Waals surface area contributed by atoms with Gasteiger partial charge >= 0.3 is 5.97 Å². The van der Waals surface area contributed by atoms with E-state index in [0.717, 1.165) is 16.5 Å². The van der Waals surface area contributed by atoms with Crippen molar-refractivity contribution in [3.63, 3.8) is 0 Å². The van der Waals surface area contributed by atoms with Crippen LogP contribution >= 0.6 is 15.9 Å². The van der Waals surface area contributed by atoms with Crippen LogP contribution in [-0.2, 0) is 9.53 Å². The number of nitrogens with zero attached hydrogens (tertiary/aromatic N) is 1. The van der Waals surface area contributed by atoms with Gasteiger partial charge in [0.2, 0.25) is 0 Å². The molecular formula is C15H18BrNO3. The fourth-order valence-corrected chi connectivity index (χ4v) is 2.83. The van der Waals surface area contributed by atoms with E-state index in [2.05, 4.69) is 15.9 Å².